The van der Waals surface area contributed by atoms with E-state index >= 15 is 0 Å². The summed E-state index contributed by atoms with van der Waals surface area (Å²) in [5.74, 6) is 2.15. The topological polar surface area (TPSA) is 51.0 Å². The first-order valence-electron chi connectivity index (χ1n) is 6.61. The number of halogens is 1. The summed E-state index contributed by atoms with van der Waals surface area (Å²) < 4.78 is 6.37. The highest BCUT2D eigenvalue weighted by Gasteiger charge is 2.10. The van der Waals surface area contributed by atoms with Crippen LogP contribution in [0.25, 0.3) is 0 Å². The molecule has 0 bridgehead atoms. The molecule has 0 spiro atoms. The maximum absolute atomic E-state index is 5.27. The molecule has 20 heavy (non-hydrogen) atoms. The van der Waals surface area contributed by atoms with E-state index in [9.17, 15) is 0 Å². The summed E-state index contributed by atoms with van der Waals surface area (Å²) in [6.07, 6.45) is 0.764. The predicted molar refractivity (Wildman–Crippen MR) is 84.8 cm³/mol. The van der Waals surface area contributed by atoms with Gasteiger partial charge < -0.3 is 9.84 Å². The van der Waals surface area contributed by atoms with E-state index in [0.29, 0.717) is 17.7 Å². The van der Waals surface area contributed by atoms with Crippen molar-refractivity contribution >= 4 is 27.7 Å². The molecule has 0 saturated heterocycles. The molecule has 1 N–H and O–H groups in total. The first-order chi connectivity index (χ1) is 9.69. The molecule has 1 aromatic carbocycles. The van der Waals surface area contributed by atoms with Crippen LogP contribution < -0.4 is 5.32 Å². The highest BCUT2D eigenvalue weighted by Crippen LogP contribution is 2.28. The van der Waals surface area contributed by atoms with Gasteiger partial charge in [0, 0.05) is 21.8 Å². The maximum atomic E-state index is 5.27. The molecule has 0 saturated carbocycles. The Hall–Kier alpha value is -0.850. The van der Waals surface area contributed by atoms with Crippen molar-refractivity contribution < 1.29 is 4.52 Å². The first-order valence-corrected chi connectivity index (χ1v) is 8.39. The fourth-order valence-electron chi connectivity index (χ4n) is 1.82. The van der Waals surface area contributed by atoms with Gasteiger partial charge in [-0.3, -0.25) is 0 Å². The van der Waals surface area contributed by atoms with Crippen LogP contribution in [0, 0.1) is 0 Å². The van der Waals surface area contributed by atoms with Gasteiger partial charge in [-0.05, 0) is 41.5 Å². The van der Waals surface area contributed by atoms with Crippen LogP contribution in [-0.2, 0) is 12.2 Å². The van der Waals surface area contributed by atoms with Gasteiger partial charge in [-0.25, -0.2) is 0 Å². The summed E-state index contributed by atoms with van der Waals surface area (Å²) in [5, 5.41) is 7.35. The Bertz CT molecular complexity index is 547. The van der Waals surface area contributed by atoms with Gasteiger partial charge in [0.2, 0.25) is 5.89 Å². The van der Waals surface area contributed by atoms with E-state index in [1.165, 1.54) is 4.90 Å². The lowest BCUT2D eigenvalue weighted by molar-refractivity contribution is 0.359. The summed E-state index contributed by atoms with van der Waals surface area (Å²) in [4.78, 5) is 5.60. The van der Waals surface area contributed by atoms with Crippen LogP contribution in [0.1, 0.15) is 25.6 Å². The minimum absolute atomic E-state index is 0.351. The normalized spacial score (nSPS) is 12.6. The molecule has 4 nitrogen and oxygen atoms in total. The molecule has 2 aromatic rings. The van der Waals surface area contributed by atoms with E-state index < -0.39 is 0 Å². The molecule has 108 valence electrons. The quantitative estimate of drug-likeness (QED) is 0.768. The third-order valence-corrected chi connectivity index (χ3v) is 4.76. The van der Waals surface area contributed by atoms with Gasteiger partial charge in [0.15, 0.2) is 5.82 Å². The molecule has 0 aliphatic rings. The highest BCUT2D eigenvalue weighted by molar-refractivity contribution is 9.10. The van der Waals surface area contributed by atoms with Gasteiger partial charge in [0.25, 0.3) is 0 Å². The van der Waals surface area contributed by atoms with Gasteiger partial charge in [-0.2, -0.15) is 4.98 Å². The van der Waals surface area contributed by atoms with Crippen molar-refractivity contribution in [1.82, 2.24) is 15.5 Å². The number of likely N-dealkylation sites (N-methyl/N-ethyl adjacent to an activating group) is 1. The monoisotopic (exact) mass is 355 g/mol. The molecular formula is C14H18BrN3OS. The molecule has 6 heteroatoms. The Morgan fingerprint density at radius 3 is 2.95 bits per heavy atom. The molecular weight excluding hydrogens is 338 g/mol. The Morgan fingerprint density at radius 2 is 2.20 bits per heavy atom. The fourth-order valence-corrected chi connectivity index (χ4v) is 3.23. The number of thioether (sulfide) groups is 1. The zero-order chi connectivity index (χ0) is 14.4. The van der Waals surface area contributed by atoms with Crippen molar-refractivity contribution in [2.75, 3.05) is 6.54 Å². The maximum Gasteiger partial charge on any atom is 0.228 e. The summed E-state index contributed by atoms with van der Waals surface area (Å²) in [6.45, 7) is 5.15. The van der Waals surface area contributed by atoms with Crippen molar-refractivity contribution in [3.05, 3.63) is 40.5 Å². The van der Waals surface area contributed by atoms with E-state index in [4.69, 9.17) is 4.52 Å². The zero-order valence-corrected chi connectivity index (χ0v) is 14.0. The summed E-state index contributed by atoms with van der Waals surface area (Å²) in [6, 6.07) is 8.48. The second-order valence-electron chi connectivity index (χ2n) is 4.49. The third kappa shape index (κ3) is 4.61. The molecule has 1 unspecified atom stereocenters. The number of hydrogen-bond donors (Lipinski definition) is 1. The van der Waals surface area contributed by atoms with Gasteiger partial charge in [0.1, 0.15) is 0 Å². The van der Waals surface area contributed by atoms with E-state index in [1.54, 1.807) is 11.8 Å². The SMILES string of the molecule is CCNC(C)Cc1nc(CSc2ccccc2Br)no1. The summed E-state index contributed by atoms with van der Waals surface area (Å²) in [5.41, 5.74) is 0. The minimum atomic E-state index is 0.351. The van der Waals surface area contributed by atoms with E-state index in [1.807, 2.05) is 18.2 Å². The van der Waals surface area contributed by atoms with Crippen LogP contribution in [0.3, 0.4) is 0 Å². The Morgan fingerprint density at radius 1 is 1.40 bits per heavy atom. The van der Waals surface area contributed by atoms with Gasteiger partial charge in [-0.15, -0.1) is 11.8 Å². The van der Waals surface area contributed by atoms with Crippen molar-refractivity contribution in [1.29, 1.82) is 0 Å². The van der Waals surface area contributed by atoms with Gasteiger partial charge in [-0.1, -0.05) is 24.2 Å². The van der Waals surface area contributed by atoms with E-state index in [-0.39, 0.29) is 0 Å². The smallest absolute Gasteiger partial charge is 0.228 e. The lowest BCUT2D eigenvalue weighted by Crippen LogP contribution is -2.27. The zero-order valence-electron chi connectivity index (χ0n) is 11.6. The van der Waals surface area contributed by atoms with Crippen molar-refractivity contribution in [3.63, 3.8) is 0 Å². The standard InChI is InChI=1S/C14H18BrN3OS/c1-3-16-10(2)8-14-17-13(18-19-14)9-20-12-7-5-4-6-11(12)15/h4-7,10,16H,3,8-9H2,1-2H3. The molecule has 0 aliphatic carbocycles. The second-order valence-corrected chi connectivity index (χ2v) is 6.36. The van der Waals surface area contributed by atoms with Crippen LogP contribution in [0.2, 0.25) is 0 Å². The van der Waals surface area contributed by atoms with Crippen LogP contribution in [0.15, 0.2) is 38.2 Å². The van der Waals surface area contributed by atoms with E-state index in [2.05, 4.69) is 51.3 Å². The number of hydrogen-bond acceptors (Lipinski definition) is 5. The molecule has 1 heterocycles. The lowest BCUT2D eigenvalue weighted by atomic mass is 10.2. The third-order valence-electron chi connectivity index (χ3n) is 2.74. The number of aromatic nitrogens is 2. The van der Waals surface area contributed by atoms with Gasteiger partial charge >= 0.3 is 0 Å². The van der Waals surface area contributed by atoms with Crippen LogP contribution in [0.4, 0.5) is 0 Å². The van der Waals surface area contributed by atoms with Crippen molar-refractivity contribution in [3.8, 4) is 0 Å². The highest BCUT2D eigenvalue weighted by atomic mass is 79.9. The van der Waals surface area contributed by atoms with Crippen LogP contribution >= 0.6 is 27.7 Å². The lowest BCUT2D eigenvalue weighted by Gasteiger charge is -2.07. The van der Waals surface area contributed by atoms with Gasteiger partial charge in [0.05, 0.1) is 5.75 Å². The summed E-state index contributed by atoms with van der Waals surface area (Å²) >= 11 is 5.23. The van der Waals surface area contributed by atoms with Crippen molar-refractivity contribution in [2.45, 2.75) is 37.0 Å². The molecule has 0 amide bonds. The predicted octanol–water partition coefficient (Wildman–Crippen LogP) is 3.66. The van der Waals surface area contributed by atoms with Crippen LogP contribution in [0.5, 0.6) is 0 Å². The molecule has 0 radical (unpaired) electrons. The molecule has 1 atom stereocenters. The molecule has 2 rings (SSSR count). The average Bonchev–Trinajstić information content (AvgIpc) is 2.85. The summed E-state index contributed by atoms with van der Waals surface area (Å²) in [7, 11) is 0. The number of rotatable bonds is 7. The van der Waals surface area contributed by atoms with Crippen molar-refractivity contribution in [2.24, 2.45) is 0 Å². The molecule has 1 aromatic heterocycles. The molecule has 0 fully saturated rings. The largest absolute Gasteiger partial charge is 0.339 e. The van der Waals surface area contributed by atoms with E-state index in [0.717, 1.165) is 23.3 Å². The number of nitrogens with one attached hydrogen (secondary N) is 1. The molecule has 0 aliphatic heterocycles. The first kappa shape index (κ1) is 15.5. The Labute approximate surface area is 131 Å². The average molecular weight is 356 g/mol. The number of nitrogens with zero attached hydrogens (tertiary/aromatic N) is 2. The Kier molecular flexibility index (Phi) is 6.06. The fraction of sp³-hybridized carbons (Fsp3) is 0.429. The Balaban J connectivity index is 1.88. The van der Waals surface area contributed by atoms with Crippen LogP contribution in [-0.4, -0.2) is 22.7 Å². The minimum Gasteiger partial charge on any atom is -0.339 e. The second kappa shape index (κ2) is 7.81. The number of benzene rings is 1.